The highest BCUT2D eigenvalue weighted by molar-refractivity contribution is 5.64. The fourth-order valence-electron chi connectivity index (χ4n) is 3.16. The van der Waals surface area contributed by atoms with Crippen LogP contribution in [0.15, 0.2) is 41.8 Å². The molecule has 108 valence electrons. The number of aromatic nitrogens is 1. The van der Waals surface area contributed by atoms with E-state index >= 15 is 0 Å². The number of allylic oxidation sites excluding steroid dienone is 1. The molecular weight excluding hydrogens is 244 g/mol. The van der Waals surface area contributed by atoms with Gasteiger partial charge < -0.3 is 0 Å². The van der Waals surface area contributed by atoms with E-state index in [2.05, 4.69) is 48.2 Å². The second-order valence-electron chi connectivity index (χ2n) is 5.86. The molecule has 1 aromatic heterocycles. The molecule has 2 atom stereocenters. The van der Waals surface area contributed by atoms with Crippen molar-refractivity contribution in [2.24, 2.45) is 10.9 Å². The molecule has 1 aliphatic rings. The molecule has 2 rings (SSSR count). The average molecular weight is 270 g/mol. The molecule has 0 saturated carbocycles. The SMILES string of the molecule is CCCCC(CC)CC1(c2ccncc2)C=CN=CC1. The number of hydrogen-bond donors (Lipinski definition) is 0. The molecule has 1 aliphatic heterocycles. The molecule has 0 aliphatic carbocycles. The van der Waals surface area contributed by atoms with Crippen molar-refractivity contribution in [2.75, 3.05) is 0 Å². The second kappa shape index (κ2) is 7.37. The molecule has 0 amide bonds. The lowest BCUT2D eigenvalue weighted by molar-refractivity contribution is 0.340. The fraction of sp³-hybridized carbons (Fsp3) is 0.556. The number of aliphatic imine (C=N–C) groups is 1. The van der Waals surface area contributed by atoms with Gasteiger partial charge in [0.1, 0.15) is 0 Å². The molecule has 0 bridgehead atoms. The molecule has 1 aromatic rings. The van der Waals surface area contributed by atoms with E-state index in [1.54, 1.807) is 0 Å². The van der Waals surface area contributed by atoms with Gasteiger partial charge in [-0.1, -0.05) is 45.6 Å². The molecule has 2 heteroatoms. The average Bonchev–Trinajstić information content (AvgIpc) is 2.53. The first-order chi connectivity index (χ1) is 9.80. The zero-order valence-electron chi connectivity index (χ0n) is 12.8. The summed E-state index contributed by atoms with van der Waals surface area (Å²) in [7, 11) is 0. The summed E-state index contributed by atoms with van der Waals surface area (Å²) in [6, 6.07) is 4.33. The molecule has 0 saturated heterocycles. The monoisotopic (exact) mass is 270 g/mol. The summed E-state index contributed by atoms with van der Waals surface area (Å²) in [4.78, 5) is 8.43. The van der Waals surface area contributed by atoms with Crippen molar-refractivity contribution in [3.8, 4) is 0 Å². The molecule has 0 aromatic carbocycles. The topological polar surface area (TPSA) is 25.2 Å². The Morgan fingerprint density at radius 1 is 1.25 bits per heavy atom. The van der Waals surface area contributed by atoms with E-state index in [9.17, 15) is 0 Å². The molecule has 0 N–H and O–H groups in total. The quantitative estimate of drug-likeness (QED) is 0.690. The van der Waals surface area contributed by atoms with Crippen molar-refractivity contribution < 1.29 is 0 Å². The van der Waals surface area contributed by atoms with Crippen LogP contribution in [0.1, 0.15) is 57.9 Å². The summed E-state index contributed by atoms with van der Waals surface area (Å²) in [6.07, 6.45) is 17.6. The Morgan fingerprint density at radius 3 is 2.65 bits per heavy atom. The highest BCUT2D eigenvalue weighted by Gasteiger charge is 2.32. The third-order valence-electron chi connectivity index (χ3n) is 4.49. The van der Waals surface area contributed by atoms with Gasteiger partial charge in [-0.2, -0.15) is 0 Å². The van der Waals surface area contributed by atoms with Gasteiger partial charge in [0.25, 0.3) is 0 Å². The van der Waals surface area contributed by atoms with Crippen LogP contribution in [0.25, 0.3) is 0 Å². The molecule has 2 unspecified atom stereocenters. The summed E-state index contributed by atoms with van der Waals surface area (Å²) >= 11 is 0. The van der Waals surface area contributed by atoms with Gasteiger partial charge in [0.15, 0.2) is 0 Å². The third-order valence-corrected chi connectivity index (χ3v) is 4.49. The van der Waals surface area contributed by atoms with Gasteiger partial charge in [-0.3, -0.25) is 9.98 Å². The summed E-state index contributed by atoms with van der Waals surface area (Å²) in [6.45, 7) is 4.60. The summed E-state index contributed by atoms with van der Waals surface area (Å²) in [5.74, 6) is 0.791. The maximum Gasteiger partial charge on any atom is 0.0270 e. The minimum Gasteiger partial charge on any atom is -0.269 e. The van der Waals surface area contributed by atoms with E-state index < -0.39 is 0 Å². The summed E-state index contributed by atoms with van der Waals surface area (Å²) in [5, 5.41) is 0. The highest BCUT2D eigenvalue weighted by Crippen LogP contribution is 2.39. The maximum atomic E-state index is 4.27. The highest BCUT2D eigenvalue weighted by atomic mass is 14.7. The van der Waals surface area contributed by atoms with Crippen LogP contribution < -0.4 is 0 Å². The molecule has 0 fully saturated rings. The van der Waals surface area contributed by atoms with Gasteiger partial charge in [-0.25, -0.2) is 0 Å². The lowest BCUT2D eigenvalue weighted by Gasteiger charge is -2.35. The van der Waals surface area contributed by atoms with E-state index in [4.69, 9.17) is 0 Å². The van der Waals surface area contributed by atoms with E-state index in [0.717, 1.165) is 12.3 Å². The van der Waals surface area contributed by atoms with E-state index in [0.29, 0.717) is 0 Å². The molecule has 0 radical (unpaired) electrons. The van der Waals surface area contributed by atoms with E-state index in [-0.39, 0.29) is 5.41 Å². The van der Waals surface area contributed by atoms with Gasteiger partial charge in [-0.15, -0.1) is 0 Å². The van der Waals surface area contributed by atoms with Gasteiger partial charge in [0.2, 0.25) is 0 Å². The van der Waals surface area contributed by atoms with Crippen LogP contribution in [-0.4, -0.2) is 11.2 Å². The van der Waals surface area contributed by atoms with Crippen molar-refractivity contribution >= 4 is 6.21 Å². The van der Waals surface area contributed by atoms with Crippen LogP contribution in [0.4, 0.5) is 0 Å². The minimum absolute atomic E-state index is 0.124. The predicted octanol–water partition coefficient (Wildman–Crippen LogP) is 4.91. The Kier molecular flexibility index (Phi) is 5.51. The normalized spacial score (nSPS) is 22.9. The molecular formula is C18H26N2. The van der Waals surface area contributed by atoms with Crippen LogP contribution in [0.3, 0.4) is 0 Å². The Labute approximate surface area is 123 Å². The number of pyridine rings is 1. The molecule has 2 nitrogen and oxygen atoms in total. The first-order valence-electron chi connectivity index (χ1n) is 7.90. The first kappa shape index (κ1) is 15.0. The Hall–Kier alpha value is -1.44. The predicted molar refractivity (Wildman–Crippen MR) is 86.1 cm³/mol. The van der Waals surface area contributed by atoms with Crippen LogP contribution in [0, 0.1) is 5.92 Å². The lowest BCUT2D eigenvalue weighted by Crippen LogP contribution is -2.29. The lowest BCUT2D eigenvalue weighted by atomic mass is 9.70. The van der Waals surface area contributed by atoms with Crippen LogP contribution in [0.2, 0.25) is 0 Å². The van der Waals surface area contributed by atoms with Gasteiger partial charge in [-0.05, 0) is 36.5 Å². The Morgan fingerprint density at radius 2 is 2.05 bits per heavy atom. The van der Waals surface area contributed by atoms with Crippen molar-refractivity contribution in [1.29, 1.82) is 0 Å². The molecule has 2 heterocycles. The van der Waals surface area contributed by atoms with Crippen molar-refractivity contribution in [2.45, 2.75) is 57.8 Å². The van der Waals surface area contributed by atoms with E-state index in [1.165, 1.54) is 37.7 Å². The summed E-state index contributed by atoms with van der Waals surface area (Å²) < 4.78 is 0. The van der Waals surface area contributed by atoms with Crippen molar-refractivity contribution in [3.05, 3.63) is 42.4 Å². The number of hydrogen-bond acceptors (Lipinski definition) is 2. The third kappa shape index (κ3) is 3.56. The standard InChI is InChI=1S/C18H26N2/c1-3-5-6-16(4-2)15-18(9-13-20-14-10-18)17-7-11-19-12-8-17/h7-9,11-14,16H,3-6,10,15H2,1-2H3. The molecule has 0 spiro atoms. The summed E-state index contributed by atoms with van der Waals surface area (Å²) in [5.41, 5.74) is 1.50. The van der Waals surface area contributed by atoms with E-state index in [1.807, 2.05) is 18.6 Å². The number of rotatable bonds is 7. The van der Waals surface area contributed by atoms with Crippen LogP contribution in [-0.2, 0) is 5.41 Å². The minimum atomic E-state index is 0.124. The smallest absolute Gasteiger partial charge is 0.0270 e. The zero-order valence-corrected chi connectivity index (χ0v) is 12.8. The second-order valence-corrected chi connectivity index (χ2v) is 5.86. The van der Waals surface area contributed by atoms with Gasteiger partial charge >= 0.3 is 0 Å². The van der Waals surface area contributed by atoms with Crippen LogP contribution >= 0.6 is 0 Å². The number of nitrogens with zero attached hydrogens (tertiary/aromatic N) is 2. The van der Waals surface area contributed by atoms with Crippen molar-refractivity contribution in [3.63, 3.8) is 0 Å². The number of unbranched alkanes of at least 4 members (excludes halogenated alkanes) is 1. The molecule has 20 heavy (non-hydrogen) atoms. The first-order valence-corrected chi connectivity index (χ1v) is 7.90. The van der Waals surface area contributed by atoms with Crippen molar-refractivity contribution in [1.82, 2.24) is 4.98 Å². The zero-order chi connectivity index (χ0) is 14.3. The largest absolute Gasteiger partial charge is 0.269 e. The van der Waals surface area contributed by atoms with Gasteiger partial charge in [0, 0.05) is 30.2 Å². The fourth-order valence-corrected chi connectivity index (χ4v) is 3.16. The van der Waals surface area contributed by atoms with Gasteiger partial charge in [0.05, 0.1) is 0 Å². The Balaban J connectivity index is 2.20. The van der Waals surface area contributed by atoms with Crippen LogP contribution in [0.5, 0.6) is 0 Å². The maximum absolute atomic E-state index is 4.27. The Bertz CT molecular complexity index is 450.